The van der Waals surface area contributed by atoms with E-state index in [1.807, 2.05) is 36.4 Å². The molecule has 16 heteroatoms. The summed E-state index contributed by atoms with van der Waals surface area (Å²) in [6.45, 7) is 7.36. The zero-order chi connectivity index (χ0) is 37.3. The van der Waals surface area contributed by atoms with Crippen LogP contribution in [0.15, 0.2) is 47.6 Å². The molecule has 0 radical (unpaired) electrons. The molecule has 0 bridgehead atoms. The fourth-order valence-electron chi connectivity index (χ4n) is 5.66. The van der Waals surface area contributed by atoms with Gasteiger partial charge in [0.25, 0.3) is 0 Å². The zero-order valence-electron chi connectivity index (χ0n) is 29.9. The number of hydrogen-bond donors (Lipinski definition) is 2. The maximum absolute atomic E-state index is 12.2. The van der Waals surface area contributed by atoms with E-state index in [-0.39, 0.29) is 45.4 Å². The first-order valence-electron chi connectivity index (χ1n) is 16.9. The van der Waals surface area contributed by atoms with Crippen LogP contribution in [0, 0.1) is 12.3 Å². The largest absolute Gasteiger partial charge is 0.497 e. The summed E-state index contributed by atoms with van der Waals surface area (Å²) >= 11 is 0. The van der Waals surface area contributed by atoms with E-state index in [4.69, 9.17) is 54.6 Å². The normalized spacial score (nSPS) is 21.6. The second-order valence-electron chi connectivity index (χ2n) is 12.3. The molecule has 2 N–H and O–H groups in total. The van der Waals surface area contributed by atoms with Crippen LogP contribution >= 0.6 is 0 Å². The molecular weight excluding hydrogens is 678 g/mol. The predicted octanol–water partition coefficient (Wildman–Crippen LogP) is 3.70. The fraction of sp³-hybridized carbons (Fsp3) is 0.556. The minimum atomic E-state index is -0.915. The number of methoxy groups -OCH3 is 1. The predicted molar refractivity (Wildman–Crippen MR) is 187 cm³/mol. The van der Waals surface area contributed by atoms with Crippen LogP contribution in [-0.4, -0.2) is 115 Å². The lowest BCUT2D eigenvalue weighted by atomic mass is 9.96. The highest BCUT2D eigenvalue weighted by atomic mass is 16.8. The smallest absolute Gasteiger partial charge is 0.407 e. The van der Waals surface area contributed by atoms with E-state index in [0.29, 0.717) is 37.7 Å². The van der Waals surface area contributed by atoms with Gasteiger partial charge < -0.3 is 53.3 Å². The molecule has 4 rings (SSSR count). The summed E-state index contributed by atoms with van der Waals surface area (Å²) in [5.74, 6) is 2.10. The van der Waals surface area contributed by atoms with Crippen LogP contribution in [0.3, 0.4) is 0 Å². The molecule has 2 saturated heterocycles. The van der Waals surface area contributed by atoms with Gasteiger partial charge in [-0.2, -0.15) is 0 Å². The van der Waals surface area contributed by atoms with Gasteiger partial charge in [-0.3, -0.25) is 4.79 Å². The van der Waals surface area contributed by atoms with E-state index in [1.54, 1.807) is 27.0 Å². The molecule has 16 nitrogen and oxygen atoms in total. The van der Waals surface area contributed by atoms with Crippen molar-refractivity contribution < 1.29 is 52.2 Å². The summed E-state index contributed by atoms with van der Waals surface area (Å²) in [7, 11) is 1.59. The van der Waals surface area contributed by atoms with Gasteiger partial charge in [-0.15, -0.1) is 6.42 Å². The Kier molecular flexibility index (Phi) is 16.0. The number of alkyl carbamates (subject to hydrolysis) is 1. The monoisotopic (exact) mass is 725 g/mol. The minimum absolute atomic E-state index is 0.0165. The molecule has 2 aliphatic heterocycles. The van der Waals surface area contributed by atoms with E-state index < -0.39 is 42.5 Å². The summed E-state index contributed by atoms with van der Waals surface area (Å²) in [4.78, 5) is 26.9. The molecule has 5 atom stereocenters. The Morgan fingerprint density at radius 2 is 1.69 bits per heavy atom. The summed E-state index contributed by atoms with van der Waals surface area (Å²) in [6, 6.07) is 12.6. The van der Waals surface area contributed by atoms with Crippen molar-refractivity contribution in [2.45, 2.75) is 63.8 Å². The van der Waals surface area contributed by atoms with Gasteiger partial charge in [0.05, 0.1) is 66.0 Å². The van der Waals surface area contributed by atoms with Gasteiger partial charge >= 0.3 is 6.09 Å². The van der Waals surface area contributed by atoms with Crippen molar-refractivity contribution in [2.75, 3.05) is 66.4 Å². The SMILES string of the molecule is C#Cc1cc(OC)cc(-c2cccc(COC(=O)NCCOCCOCCOCCOC3O[C@H](CN=[N+]=[N-])[C@@H]4OC(C)(C)O[C@@H]4[C@H]3NC(C)=O)c2)c1. The van der Waals surface area contributed by atoms with Crippen molar-refractivity contribution in [1.82, 2.24) is 10.6 Å². The number of carbonyl (C=O) groups is 2. The van der Waals surface area contributed by atoms with Crippen molar-refractivity contribution >= 4 is 12.0 Å². The van der Waals surface area contributed by atoms with Crippen LogP contribution in [0.2, 0.25) is 0 Å². The number of rotatable bonds is 20. The molecule has 2 fully saturated rings. The number of fused-ring (bicyclic) bond motifs is 1. The second-order valence-corrected chi connectivity index (χ2v) is 12.3. The lowest BCUT2D eigenvalue weighted by molar-refractivity contribution is -0.244. The van der Waals surface area contributed by atoms with E-state index in [0.717, 1.165) is 16.7 Å². The Balaban J connectivity index is 1.04. The summed E-state index contributed by atoms with van der Waals surface area (Å²) in [6.07, 6.45) is 2.40. The van der Waals surface area contributed by atoms with Crippen molar-refractivity contribution in [1.29, 1.82) is 0 Å². The van der Waals surface area contributed by atoms with Crippen molar-refractivity contribution in [3.63, 3.8) is 0 Å². The first kappa shape index (κ1) is 40.3. The lowest BCUT2D eigenvalue weighted by Gasteiger charge is -2.41. The number of carbonyl (C=O) groups excluding carboxylic acids is 2. The Morgan fingerprint density at radius 1 is 0.981 bits per heavy atom. The molecule has 2 aliphatic rings. The Morgan fingerprint density at radius 3 is 2.38 bits per heavy atom. The average molecular weight is 726 g/mol. The molecule has 2 heterocycles. The highest BCUT2D eigenvalue weighted by Gasteiger charge is 2.55. The molecule has 2 aromatic rings. The Bertz CT molecular complexity index is 1560. The van der Waals surface area contributed by atoms with Gasteiger partial charge in [0.15, 0.2) is 12.1 Å². The highest BCUT2D eigenvalue weighted by Crippen LogP contribution is 2.38. The van der Waals surface area contributed by atoms with E-state index in [9.17, 15) is 9.59 Å². The molecule has 0 spiro atoms. The molecule has 52 heavy (non-hydrogen) atoms. The van der Waals surface area contributed by atoms with Gasteiger partial charge in [0.1, 0.15) is 30.6 Å². The molecule has 282 valence electrons. The van der Waals surface area contributed by atoms with E-state index in [2.05, 4.69) is 26.6 Å². The van der Waals surface area contributed by atoms with Crippen LogP contribution < -0.4 is 15.4 Å². The topological polar surface area (TPSA) is 190 Å². The summed E-state index contributed by atoms with van der Waals surface area (Å²) < 4.78 is 51.3. The first-order valence-corrected chi connectivity index (χ1v) is 16.9. The number of nitrogens with one attached hydrogen (secondary N) is 2. The number of benzene rings is 2. The van der Waals surface area contributed by atoms with Crippen LogP contribution in [0.25, 0.3) is 21.6 Å². The lowest BCUT2D eigenvalue weighted by Crippen LogP contribution is -2.63. The van der Waals surface area contributed by atoms with Crippen molar-refractivity contribution in [2.24, 2.45) is 5.11 Å². The number of terminal acetylenes is 1. The molecular formula is C36H47N5O11. The molecule has 0 aliphatic carbocycles. The Labute approximate surface area is 303 Å². The third kappa shape index (κ3) is 12.7. The molecule has 0 aromatic heterocycles. The van der Waals surface area contributed by atoms with Gasteiger partial charge in [-0.25, -0.2) is 4.79 Å². The average Bonchev–Trinajstić information content (AvgIpc) is 3.47. The maximum atomic E-state index is 12.2. The molecule has 2 aromatic carbocycles. The van der Waals surface area contributed by atoms with E-state index in [1.165, 1.54) is 6.92 Å². The summed E-state index contributed by atoms with van der Waals surface area (Å²) in [5, 5.41) is 9.13. The van der Waals surface area contributed by atoms with Gasteiger partial charge in [0, 0.05) is 23.9 Å². The zero-order valence-corrected chi connectivity index (χ0v) is 29.9. The van der Waals surface area contributed by atoms with Gasteiger partial charge in [-0.05, 0) is 60.3 Å². The summed E-state index contributed by atoms with van der Waals surface area (Å²) in [5.41, 5.74) is 12.2. The third-order valence-corrected chi connectivity index (χ3v) is 7.89. The van der Waals surface area contributed by atoms with Gasteiger partial charge in [-0.1, -0.05) is 29.2 Å². The van der Waals surface area contributed by atoms with Crippen LogP contribution in [0.1, 0.15) is 31.9 Å². The number of amides is 2. The molecule has 1 unspecified atom stereocenters. The fourth-order valence-corrected chi connectivity index (χ4v) is 5.66. The van der Waals surface area contributed by atoms with Crippen LogP contribution in [0.5, 0.6) is 5.75 Å². The molecule has 2 amide bonds. The van der Waals surface area contributed by atoms with Gasteiger partial charge in [0.2, 0.25) is 5.91 Å². The minimum Gasteiger partial charge on any atom is -0.497 e. The maximum Gasteiger partial charge on any atom is 0.407 e. The van der Waals surface area contributed by atoms with E-state index >= 15 is 0 Å². The quantitative estimate of drug-likeness (QED) is 0.0666. The Hall–Kier alpha value is -4.43. The second kappa shape index (κ2) is 20.6. The van der Waals surface area contributed by atoms with Crippen LogP contribution in [0.4, 0.5) is 4.79 Å². The number of hydrogen-bond acceptors (Lipinski definition) is 12. The standard InChI is InChI=1S/C36H47N5O11/c1-6-25-18-28(21-29(20-25)44-5)27-9-7-8-26(19-27)23-49-35(43)38-10-11-45-12-13-46-14-15-47-16-17-48-34-31(40-24(2)42)33-32(51-36(3,4)52-33)30(50-34)22-39-41-37/h1,7-9,18-21,30-34H,10-17,22-23H2,2-5H3,(H,38,43)(H,40,42)/t30-,31-,32+,33-,34?/m1/s1. The first-order chi connectivity index (χ1) is 25.1. The van der Waals surface area contributed by atoms with Crippen molar-refractivity contribution in [3.8, 4) is 29.2 Å². The van der Waals surface area contributed by atoms with Crippen LogP contribution in [-0.2, 0) is 49.3 Å². The van der Waals surface area contributed by atoms with Crippen molar-refractivity contribution in [3.05, 3.63) is 64.0 Å². The number of azide groups is 1. The number of nitrogens with zero attached hydrogens (tertiary/aromatic N) is 3. The molecule has 0 saturated carbocycles. The highest BCUT2D eigenvalue weighted by molar-refractivity contribution is 5.73. The third-order valence-electron chi connectivity index (χ3n) is 7.89. The number of ether oxygens (including phenoxy) is 9.